The van der Waals surface area contributed by atoms with E-state index in [4.69, 9.17) is 11.6 Å². The molecule has 0 atom stereocenters. The van der Waals surface area contributed by atoms with Crippen LogP contribution in [0.25, 0.3) is 10.2 Å². The highest BCUT2D eigenvalue weighted by Gasteiger charge is 2.41. The zero-order chi connectivity index (χ0) is 11.9. The van der Waals surface area contributed by atoms with Gasteiger partial charge in [0.15, 0.2) is 0 Å². The second-order valence-electron chi connectivity index (χ2n) is 4.22. The summed E-state index contributed by atoms with van der Waals surface area (Å²) >= 11 is 9.44. The number of hydrogen-bond donors (Lipinski definition) is 1. The second kappa shape index (κ2) is 4.30. The maximum absolute atomic E-state index is 5.92. The molecule has 3 rings (SSSR count). The summed E-state index contributed by atoms with van der Waals surface area (Å²) in [6.45, 7) is 0.951. The average molecular weight is 286 g/mol. The molecule has 1 aliphatic carbocycles. The highest BCUT2D eigenvalue weighted by molar-refractivity contribution is 8.00. The lowest BCUT2D eigenvalue weighted by molar-refractivity contribution is 0.941. The molecule has 0 saturated heterocycles. The normalized spacial score (nSPS) is 17.3. The molecule has 6 heteroatoms. The van der Waals surface area contributed by atoms with E-state index in [1.54, 1.807) is 11.3 Å². The Hall–Kier alpha value is -0.520. The molecular weight excluding hydrogens is 274 g/mol. The molecule has 90 valence electrons. The number of thioether (sulfide) groups is 1. The largest absolute Gasteiger partial charge is 0.368 e. The van der Waals surface area contributed by atoms with Crippen molar-refractivity contribution in [3.8, 4) is 0 Å². The van der Waals surface area contributed by atoms with Gasteiger partial charge in [-0.3, -0.25) is 0 Å². The van der Waals surface area contributed by atoms with Gasteiger partial charge in [0.1, 0.15) is 10.6 Å². The minimum Gasteiger partial charge on any atom is -0.368 e. The molecule has 0 radical (unpaired) electrons. The number of hydrogen-bond acceptors (Lipinski definition) is 5. The Kier molecular flexibility index (Phi) is 2.92. The van der Waals surface area contributed by atoms with Gasteiger partial charge < -0.3 is 5.32 Å². The first kappa shape index (κ1) is 11.6. The predicted molar refractivity (Wildman–Crippen MR) is 76.4 cm³/mol. The average Bonchev–Trinajstić information content (AvgIpc) is 2.96. The molecule has 1 N–H and O–H groups in total. The van der Waals surface area contributed by atoms with Crippen molar-refractivity contribution in [2.45, 2.75) is 17.6 Å². The molecule has 0 amide bonds. The van der Waals surface area contributed by atoms with Gasteiger partial charge in [-0.05, 0) is 42.1 Å². The quantitative estimate of drug-likeness (QED) is 0.870. The van der Waals surface area contributed by atoms with E-state index in [0.717, 1.165) is 22.6 Å². The molecule has 0 aromatic carbocycles. The van der Waals surface area contributed by atoms with Crippen LogP contribution in [0.15, 0.2) is 11.4 Å². The fourth-order valence-electron chi connectivity index (χ4n) is 1.80. The van der Waals surface area contributed by atoms with Crippen molar-refractivity contribution in [3.05, 3.63) is 16.7 Å². The van der Waals surface area contributed by atoms with Crippen molar-refractivity contribution in [1.82, 2.24) is 9.97 Å². The minimum absolute atomic E-state index is 0.316. The molecular formula is C11H12ClN3S2. The summed E-state index contributed by atoms with van der Waals surface area (Å²) in [5.74, 6) is 0.863. The lowest BCUT2D eigenvalue weighted by atomic mass is 10.3. The first-order valence-corrected chi connectivity index (χ1v) is 7.90. The smallest absolute Gasteiger partial charge is 0.225 e. The molecule has 1 fully saturated rings. The van der Waals surface area contributed by atoms with E-state index < -0.39 is 0 Å². The van der Waals surface area contributed by atoms with Crippen LogP contribution in [0, 0.1) is 0 Å². The number of rotatable bonds is 4. The number of halogens is 1. The standard InChI is InChI=1S/C11H12ClN3S2/c1-16-11(3-4-11)6-13-8-7-2-5-17-9(7)15-10(12)14-8/h2,5H,3-4,6H2,1H3,(H,13,14,15). The molecule has 0 unspecified atom stereocenters. The van der Waals surface area contributed by atoms with Crippen LogP contribution in [-0.4, -0.2) is 27.5 Å². The molecule has 2 aromatic heterocycles. The van der Waals surface area contributed by atoms with E-state index in [1.807, 2.05) is 23.2 Å². The van der Waals surface area contributed by atoms with Crippen molar-refractivity contribution in [1.29, 1.82) is 0 Å². The van der Waals surface area contributed by atoms with Gasteiger partial charge in [-0.2, -0.15) is 11.8 Å². The van der Waals surface area contributed by atoms with Gasteiger partial charge >= 0.3 is 0 Å². The summed E-state index contributed by atoms with van der Waals surface area (Å²) < 4.78 is 0.416. The topological polar surface area (TPSA) is 37.8 Å². The number of thiophene rings is 1. The van der Waals surface area contributed by atoms with Gasteiger partial charge in [-0.15, -0.1) is 11.3 Å². The number of nitrogens with one attached hydrogen (secondary N) is 1. The fraction of sp³-hybridized carbons (Fsp3) is 0.455. The zero-order valence-electron chi connectivity index (χ0n) is 9.36. The summed E-state index contributed by atoms with van der Waals surface area (Å²) in [5, 5.41) is 6.82. The third kappa shape index (κ3) is 2.23. The molecule has 17 heavy (non-hydrogen) atoms. The molecule has 1 saturated carbocycles. The second-order valence-corrected chi connectivity index (χ2v) is 6.73. The summed E-state index contributed by atoms with van der Waals surface area (Å²) in [5.41, 5.74) is 0. The molecule has 0 spiro atoms. The van der Waals surface area contributed by atoms with Crippen molar-refractivity contribution >= 4 is 50.7 Å². The van der Waals surface area contributed by atoms with Crippen LogP contribution in [0.2, 0.25) is 5.28 Å². The van der Waals surface area contributed by atoms with Crippen molar-refractivity contribution in [2.24, 2.45) is 0 Å². The van der Waals surface area contributed by atoms with Gasteiger partial charge in [0, 0.05) is 11.3 Å². The maximum Gasteiger partial charge on any atom is 0.225 e. The predicted octanol–water partition coefficient (Wildman–Crippen LogP) is 3.65. The third-order valence-corrected chi connectivity index (χ3v) is 5.51. The molecule has 0 aliphatic heterocycles. The van der Waals surface area contributed by atoms with E-state index in [-0.39, 0.29) is 0 Å². The van der Waals surface area contributed by atoms with Gasteiger partial charge in [0.05, 0.1) is 5.39 Å². The van der Waals surface area contributed by atoms with E-state index >= 15 is 0 Å². The first-order chi connectivity index (χ1) is 8.22. The van der Waals surface area contributed by atoms with E-state index in [1.165, 1.54) is 12.8 Å². The van der Waals surface area contributed by atoms with Gasteiger partial charge in [-0.25, -0.2) is 9.97 Å². The number of anilines is 1. The fourth-order valence-corrected chi connectivity index (χ4v) is 3.51. The minimum atomic E-state index is 0.316. The Bertz CT molecular complexity index is 551. The Labute approximate surface area is 113 Å². The zero-order valence-corrected chi connectivity index (χ0v) is 11.8. The highest BCUT2D eigenvalue weighted by atomic mass is 35.5. The number of fused-ring (bicyclic) bond motifs is 1. The van der Waals surface area contributed by atoms with Crippen molar-refractivity contribution in [3.63, 3.8) is 0 Å². The summed E-state index contributed by atoms with van der Waals surface area (Å²) in [6, 6.07) is 2.04. The third-order valence-electron chi connectivity index (χ3n) is 3.12. The summed E-state index contributed by atoms with van der Waals surface area (Å²) in [4.78, 5) is 9.43. The van der Waals surface area contributed by atoms with Crippen LogP contribution in [0.5, 0.6) is 0 Å². The Balaban J connectivity index is 1.86. The Morgan fingerprint density at radius 1 is 1.53 bits per heavy atom. The molecule has 2 aromatic rings. The molecule has 1 aliphatic rings. The van der Waals surface area contributed by atoms with Crippen LogP contribution in [0.3, 0.4) is 0 Å². The van der Waals surface area contributed by atoms with E-state index in [2.05, 4.69) is 21.5 Å². The highest BCUT2D eigenvalue weighted by Crippen LogP contribution is 2.47. The van der Waals surface area contributed by atoms with Crippen molar-refractivity contribution in [2.75, 3.05) is 18.1 Å². The lowest BCUT2D eigenvalue weighted by Gasteiger charge is -2.14. The van der Waals surface area contributed by atoms with Crippen molar-refractivity contribution < 1.29 is 0 Å². The van der Waals surface area contributed by atoms with E-state index in [9.17, 15) is 0 Å². The van der Waals surface area contributed by atoms with Crippen LogP contribution in [0.4, 0.5) is 5.82 Å². The van der Waals surface area contributed by atoms with Gasteiger partial charge in [0.25, 0.3) is 0 Å². The summed E-state index contributed by atoms with van der Waals surface area (Å²) in [7, 11) is 0. The molecule has 0 bridgehead atoms. The van der Waals surface area contributed by atoms with Gasteiger partial charge in [-0.1, -0.05) is 0 Å². The lowest BCUT2D eigenvalue weighted by Crippen LogP contribution is -2.18. The molecule has 2 heterocycles. The van der Waals surface area contributed by atoms with Crippen LogP contribution in [0.1, 0.15) is 12.8 Å². The van der Waals surface area contributed by atoms with Gasteiger partial charge in [0.2, 0.25) is 5.28 Å². The Morgan fingerprint density at radius 3 is 3.06 bits per heavy atom. The van der Waals surface area contributed by atoms with Crippen LogP contribution in [-0.2, 0) is 0 Å². The maximum atomic E-state index is 5.92. The first-order valence-electron chi connectivity index (χ1n) is 5.42. The SMILES string of the molecule is CSC1(CNc2nc(Cl)nc3sccc23)CC1. The monoisotopic (exact) mass is 285 g/mol. The summed E-state index contributed by atoms with van der Waals surface area (Å²) in [6.07, 6.45) is 4.74. The number of aromatic nitrogens is 2. The Morgan fingerprint density at radius 2 is 2.35 bits per heavy atom. The van der Waals surface area contributed by atoms with Crippen LogP contribution < -0.4 is 5.32 Å². The molecule has 3 nitrogen and oxygen atoms in total. The van der Waals surface area contributed by atoms with E-state index in [0.29, 0.717) is 10.0 Å². The number of nitrogens with zero attached hydrogens (tertiary/aromatic N) is 2. The van der Waals surface area contributed by atoms with Crippen LogP contribution >= 0.6 is 34.7 Å².